The number of methoxy groups -OCH3 is 1. The molecule has 0 bridgehead atoms. The van der Waals surface area contributed by atoms with Crippen molar-refractivity contribution in [2.75, 3.05) is 40.4 Å². The predicted octanol–water partition coefficient (Wildman–Crippen LogP) is 2.08. The van der Waals surface area contributed by atoms with Gasteiger partial charge in [0.1, 0.15) is 0 Å². The van der Waals surface area contributed by atoms with Crippen molar-refractivity contribution in [3.8, 4) is 0 Å². The fourth-order valence-corrected chi connectivity index (χ4v) is 3.29. The molecule has 2 N–H and O–H groups in total. The van der Waals surface area contributed by atoms with Crippen molar-refractivity contribution >= 4 is 5.96 Å². The number of likely N-dealkylation sites (tertiary alicyclic amines) is 1. The van der Waals surface area contributed by atoms with Crippen LogP contribution in [0.1, 0.15) is 29.5 Å². The van der Waals surface area contributed by atoms with E-state index in [-0.39, 0.29) is 0 Å². The third-order valence-corrected chi connectivity index (χ3v) is 4.75. The quantitative estimate of drug-likeness (QED) is 0.593. The minimum absolute atomic E-state index is 0.569. The Bertz CT molecular complexity index is 544. The average molecular weight is 332 g/mol. The summed E-state index contributed by atoms with van der Waals surface area (Å²) in [4.78, 5) is 6.86. The molecule has 1 saturated heterocycles. The molecule has 1 aliphatic rings. The summed E-state index contributed by atoms with van der Waals surface area (Å²) < 4.78 is 5.21. The molecule has 1 unspecified atom stereocenters. The van der Waals surface area contributed by atoms with E-state index in [1.807, 2.05) is 7.05 Å². The van der Waals surface area contributed by atoms with Crippen LogP contribution in [0.15, 0.2) is 23.2 Å². The Kier molecular flexibility index (Phi) is 7.53. The van der Waals surface area contributed by atoms with Gasteiger partial charge in [-0.3, -0.25) is 9.89 Å². The highest BCUT2D eigenvalue weighted by Gasteiger charge is 2.23. The van der Waals surface area contributed by atoms with Gasteiger partial charge >= 0.3 is 0 Å². The van der Waals surface area contributed by atoms with Crippen LogP contribution in [-0.2, 0) is 11.3 Å². The first-order chi connectivity index (χ1) is 11.6. The number of nitrogens with zero attached hydrogens (tertiary/aromatic N) is 2. The first-order valence-corrected chi connectivity index (χ1v) is 8.87. The summed E-state index contributed by atoms with van der Waals surface area (Å²) in [7, 11) is 3.59. The first kappa shape index (κ1) is 18.7. The molecule has 0 spiro atoms. The van der Waals surface area contributed by atoms with Gasteiger partial charge in [-0.05, 0) is 44.4 Å². The highest BCUT2D eigenvalue weighted by Crippen LogP contribution is 2.15. The molecule has 1 aliphatic heterocycles. The van der Waals surface area contributed by atoms with Gasteiger partial charge < -0.3 is 15.4 Å². The topological polar surface area (TPSA) is 48.9 Å². The second-order valence-corrected chi connectivity index (χ2v) is 6.56. The molecule has 0 aliphatic carbocycles. The van der Waals surface area contributed by atoms with Crippen molar-refractivity contribution < 1.29 is 4.74 Å². The van der Waals surface area contributed by atoms with Crippen molar-refractivity contribution in [1.29, 1.82) is 0 Å². The van der Waals surface area contributed by atoms with Crippen LogP contribution < -0.4 is 10.6 Å². The number of guanidine groups is 1. The van der Waals surface area contributed by atoms with E-state index >= 15 is 0 Å². The molecule has 134 valence electrons. The van der Waals surface area contributed by atoms with Crippen LogP contribution in [0.3, 0.4) is 0 Å². The fourth-order valence-electron chi connectivity index (χ4n) is 3.29. The molecule has 2 rings (SSSR count). The van der Waals surface area contributed by atoms with Gasteiger partial charge in [0.2, 0.25) is 0 Å². The maximum Gasteiger partial charge on any atom is 0.191 e. The van der Waals surface area contributed by atoms with Crippen LogP contribution in [0.2, 0.25) is 0 Å². The SMILES string of the molecule is CN=C(NCc1ccc(C)cc1C)NCC1CCCN1CCOC. The lowest BCUT2D eigenvalue weighted by Crippen LogP contribution is -2.45. The predicted molar refractivity (Wildman–Crippen MR) is 101 cm³/mol. The van der Waals surface area contributed by atoms with Crippen molar-refractivity contribution in [1.82, 2.24) is 15.5 Å². The molecule has 0 radical (unpaired) electrons. The second-order valence-electron chi connectivity index (χ2n) is 6.56. The van der Waals surface area contributed by atoms with E-state index in [9.17, 15) is 0 Å². The molecule has 0 aromatic heterocycles. The molecule has 24 heavy (non-hydrogen) atoms. The number of nitrogens with one attached hydrogen (secondary N) is 2. The van der Waals surface area contributed by atoms with Gasteiger partial charge in [-0.1, -0.05) is 23.8 Å². The molecule has 5 heteroatoms. The van der Waals surface area contributed by atoms with Gasteiger partial charge in [-0.25, -0.2) is 0 Å². The van der Waals surface area contributed by atoms with E-state index in [1.54, 1.807) is 7.11 Å². The van der Waals surface area contributed by atoms with Crippen molar-refractivity contribution in [3.63, 3.8) is 0 Å². The molecule has 0 saturated carbocycles. The van der Waals surface area contributed by atoms with Gasteiger partial charge in [0.15, 0.2) is 5.96 Å². The normalized spacial score (nSPS) is 18.8. The molecule has 1 fully saturated rings. The lowest BCUT2D eigenvalue weighted by atomic mass is 10.1. The summed E-state index contributed by atoms with van der Waals surface area (Å²) in [6.07, 6.45) is 2.51. The number of hydrogen-bond acceptors (Lipinski definition) is 3. The fraction of sp³-hybridized carbons (Fsp3) is 0.632. The highest BCUT2D eigenvalue weighted by atomic mass is 16.5. The Balaban J connectivity index is 1.80. The van der Waals surface area contributed by atoms with Gasteiger partial charge in [-0.2, -0.15) is 0 Å². The third-order valence-electron chi connectivity index (χ3n) is 4.75. The lowest BCUT2D eigenvalue weighted by Gasteiger charge is -2.25. The number of aliphatic imine (C=N–C) groups is 1. The second kappa shape index (κ2) is 9.64. The summed E-state index contributed by atoms with van der Waals surface area (Å²) >= 11 is 0. The monoisotopic (exact) mass is 332 g/mol. The molecular weight excluding hydrogens is 300 g/mol. The number of rotatable bonds is 7. The van der Waals surface area contributed by atoms with Crippen LogP contribution in [0.5, 0.6) is 0 Å². The van der Waals surface area contributed by atoms with Crippen LogP contribution in [-0.4, -0.2) is 57.3 Å². The summed E-state index contributed by atoms with van der Waals surface area (Å²) in [6, 6.07) is 7.14. The molecule has 1 aromatic rings. The Hall–Kier alpha value is -1.59. The molecule has 0 amide bonds. The van der Waals surface area contributed by atoms with E-state index in [1.165, 1.54) is 36.1 Å². The van der Waals surface area contributed by atoms with E-state index in [4.69, 9.17) is 4.74 Å². The van der Waals surface area contributed by atoms with E-state index < -0.39 is 0 Å². The zero-order valence-electron chi connectivity index (χ0n) is 15.6. The Morgan fingerprint density at radius 1 is 1.33 bits per heavy atom. The smallest absolute Gasteiger partial charge is 0.191 e. The Labute approximate surface area is 146 Å². The maximum absolute atomic E-state index is 5.21. The maximum atomic E-state index is 5.21. The van der Waals surface area contributed by atoms with Crippen molar-refractivity contribution in [2.24, 2.45) is 4.99 Å². The van der Waals surface area contributed by atoms with E-state index in [0.717, 1.165) is 32.2 Å². The Morgan fingerprint density at radius 3 is 2.88 bits per heavy atom. The van der Waals surface area contributed by atoms with Gasteiger partial charge in [0.05, 0.1) is 6.61 Å². The Morgan fingerprint density at radius 2 is 2.17 bits per heavy atom. The molecular formula is C19H32N4O. The number of hydrogen-bond donors (Lipinski definition) is 2. The zero-order valence-corrected chi connectivity index (χ0v) is 15.6. The zero-order chi connectivity index (χ0) is 17.4. The van der Waals surface area contributed by atoms with Crippen LogP contribution in [0, 0.1) is 13.8 Å². The summed E-state index contributed by atoms with van der Waals surface area (Å²) in [5, 5.41) is 6.90. The van der Waals surface area contributed by atoms with Gasteiger partial charge in [0.25, 0.3) is 0 Å². The van der Waals surface area contributed by atoms with E-state index in [0.29, 0.717) is 6.04 Å². The highest BCUT2D eigenvalue weighted by molar-refractivity contribution is 5.79. The van der Waals surface area contributed by atoms with Crippen LogP contribution in [0.4, 0.5) is 0 Å². The van der Waals surface area contributed by atoms with Crippen LogP contribution >= 0.6 is 0 Å². The van der Waals surface area contributed by atoms with E-state index in [2.05, 4.69) is 52.6 Å². The lowest BCUT2D eigenvalue weighted by molar-refractivity contribution is 0.141. The van der Waals surface area contributed by atoms with Crippen molar-refractivity contribution in [3.05, 3.63) is 34.9 Å². The van der Waals surface area contributed by atoms with Gasteiger partial charge in [0, 0.05) is 39.8 Å². The summed E-state index contributed by atoms with van der Waals surface area (Å²) in [5.41, 5.74) is 3.93. The summed E-state index contributed by atoms with van der Waals surface area (Å²) in [6.45, 7) is 8.99. The average Bonchev–Trinajstić information content (AvgIpc) is 3.02. The molecule has 1 heterocycles. The molecule has 1 atom stereocenters. The minimum atomic E-state index is 0.569. The first-order valence-electron chi connectivity index (χ1n) is 8.87. The number of ether oxygens (including phenoxy) is 1. The standard InChI is InChI=1S/C19H32N4O/c1-15-7-8-17(16(2)12-15)13-21-19(20-3)22-14-18-6-5-9-23(18)10-11-24-4/h7-8,12,18H,5-6,9-11,13-14H2,1-4H3,(H2,20,21,22). The minimum Gasteiger partial charge on any atom is -0.383 e. The van der Waals surface area contributed by atoms with Crippen molar-refractivity contribution in [2.45, 2.75) is 39.3 Å². The molecule has 5 nitrogen and oxygen atoms in total. The number of benzene rings is 1. The largest absolute Gasteiger partial charge is 0.383 e. The van der Waals surface area contributed by atoms with Crippen LogP contribution in [0.25, 0.3) is 0 Å². The summed E-state index contributed by atoms with van der Waals surface area (Å²) in [5.74, 6) is 0.869. The molecule has 1 aromatic carbocycles. The number of aryl methyl sites for hydroxylation is 2. The van der Waals surface area contributed by atoms with Gasteiger partial charge in [-0.15, -0.1) is 0 Å². The third kappa shape index (κ3) is 5.49.